The number of hydrogen-bond acceptors (Lipinski definition) is 2. The van der Waals surface area contributed by atoms with E-state index < -0.39 is 8.80 Å². The summed E-state index contributed by atoms with van der Waals surface area (Å²) in [5.41, 5.74) is 0. The zero-order chi connectivity index (χ0) is 13.3. The first-order valence-electron chi connectivity index (χ1n) is 7.28. The van der Waals surface area contributed by atoms with Crippen molar-refractivity contribution in [3.63, 3.8) is 0 Å². The fraction of sp³-hybridized carbons (Fsp3) is 0.857. The molecular weight excluding hydrogens is 224 g/mol. The summed E-state index contributed by atoms with van der Waals surface area (Å²) in [4.78, 5) is 5.30. The molecule has 1 unspecified atom stereocenters. The zero-order valence-electron chi connectivity index (χ0n) is 12.6. The Morgan fingerprint density at radius 3 is 1.59 bits per heavy atom. The molecule has 0 aliphatic heterocycles. The summed E-state index contributed by atoms with van der Waals surface area (Å²) < 4.78 is 0. The lowest BCUT2D eigenvalue weighted by atomic mass is 10.5. The second-order valence-electron chi connectivity index (χ2n) is 4.55. The van der Waals surface area contributed by atoms with E-state index >= 15 is 0 Å². The van der Waals surface area contributed by atoms with Crippen molar-refractivity contribution >= 4 is 8.80 Å². The van der Waals surface area contributed by atoms with E-state index in [1.807, 2.05) is 0 Å². The third-order valence-corrected chi connectivity index (χ3v) is 7.46. The molecular formula is C14H32N2Si. The minimum Gasteiger partial charge on any atom is -0.292 e. The Bertz CT molecular complexity index is 177. The van der Waals surface area contributed by atoms with E-state index in [9.17, 15) is 0 Å². The van der Waals surface area contributed by atoms with E-state index in [2.05, 4.69) is 57.1 Å². The first-order chi connectivity index (χ1) is 8.19. The standard InChI is InChI=1S/C14H32N2Si/c1-7-13-17(12-6)14(15(8-2)9-3)16(10-4)11-5/h7,14,17H,1,8-13H2,2-6H3. The van der Waals surface area contributed by atoms with Crippen molar-refractivity contribution in [3.05, 3.63) is 12.7 Å². The molecule has 0 N–H and O–H groups in total. The summed E-state index contributed by atoms with van der Waals surface area (Å²) in [7, 11) is -0.780. The second-order valence-corrected chi connectivity index (χ2v) is 7.95. The van der Waals surface area contributed by atoms with Crippen molar-refractivity contribution in [2.45, 2.75) is 52.5 Å². The van der Waals surface area contributed by atoms with Crippen molar-refractivity contribution < 1.29 is 0 Å². The van der Waals surface area contributed by atoms with Crippen LogP contribution in [0.25, 0.3) is 0 Å². The maximum Gasteiger partial charge on any atom is 0.0787 e. The monoisotopic (exact) mass is 256 g/mol. The summed E-state index contributed by atoms with van der Waals surface area (Å²) in [6, 6.07) is 2.62. The van der Waals surface area contributed by atoms with Crippen LogP contribution in [-0.4, -0.2) is 50.6 Å². The Labute approximate surface area is 110 Å². The van der Waals surface area contributed by atoms with E-state index in [4.69, 9.17) is 0 Å². The molecule has 0 aliphatic rings. The molecule has 0 saturated heterocycles. The lowest BCUT2D eigenvalue weighted by Gasteiger charge is -2.42. The Hall–Kier alpha value is -0.123. The number of hydrogen-bond donors (Lipinski definition) is 0. The molecule has 2 nitrogen and oxygen atoms in total. The first kappa shape index (κ1) is 16.9. The Balaban J connectivity index is 4.96. The van der Waals surface area contributed by atoms with E-state index in [1.54, 1.807) is 0 Å². The smallest absolute Gasteiger partial charge is 0.0787 e. The third kappa shape index (κ3) is 4.94. The molecule has 0 fully saturated rings. The number of allylic oxidation sites excluding steroid dienone is 1. The molecule has 0 aromatic carbocycles. The van der Waals surface area contributed by atoms with Crippen LogP contribution in [0.4, 0.5) is 0 Å². The Kier molecular flexibility index (Phi) is 9.79. The predicted octanol–water partition coefficient (Wildman–Crippen LogP) is 2.97. The van der Waals surface area contributed by atoms with Gasteiger partial charge in [-0.25, -0.2) is 0 Å². The van der Waals surface area contributed by atoms with Gasteiger partial charge in [0.05, 0.1) is 8.80 Å². The van der Waals surface area contributed by atoms with Gasteiger partial charge in [0.2, 0.25) is 0 Å². The fourth-order valence-corrected chi connectivity index (χ4v) is 6.20. The molecule has 3 heteroatoms. The van der Waals surface area contributed by atoms with Gasteiger partial charge in [-0.2, -0.15) is 0 Å². The van der Waals surface area contributed by atoms with E-state index in [-0.39, 0.29) is 0 Å². The van der Waals surface area contributed by atoms with Crippen LogP contribution < -0.4 is 0 Å². The largest absolute Gasteiger partial charge is 0.292 e. The zero-order valence-corrected chi connectivity index (χ0v) is 13.7. The highest BCUT2D eigenvalue weighted by molar-refractivity contribution is 6.60. The molecule has 0 saturated carbocycles. The minimum atomic E-state index is -0.780. The Morgan fingerprint density at radius 1 is 0.941 bits per heavy atom. The van der Waals surface area contributed by atoms with Gasteiger partial charge in [0.1, 0.15) is 0 Å². The van der Waals surface area contributed by atoms with E-state index in [0.29, 0.717) is 5.79 Å². The molecule has 0 radical (unpaired) electrons. The summed E-state index contributed by atoms with van der Waals surface area (Å²) in [5.74, 6) is 0.711. The molecule has 0 spiro atoms. The normalized spacial score (nSPS) is 13.6. The highest BCUT2D eigenvalue weighted by Gasteiger charge is 2.28. The molecule has 1 atom stereocenters. The molecule has 0 bridgehead atoms. The minimum absolute atomic E-state index is 0.711. The quantitative estimate of drug-likeness (QED) is 0.337. The van der Waals surface area contributed by atoms with Crippen LogP contribution in [0.2, 0.25) is 12.1 Å². The van der Waals surface area contributed by atoms with Crippen LogP contribution in [0.5, 0.6) is 0 Å². The highest BCUT2D eigenvalue weighted by atomic mass is 28.3. The average molecular weight is 257 g/mol. The van der Waals surface area contributed by atoms with Gasteiger partial charge in [-0.3, -0.25) is 9.80 Å². The van der Waals surface area contributed by atoms with Gasteiger partial charge < -0.3 is 0 Å². The van der Waals surface area contributed by atoms with Gasteiger partial charge in [-0.05, 0) is 32.2 Å². The predicted molar refractivity (Wildman–Crippen MR) is 82.3 cm³/mol. The Morgan fingerprint density at radius 2 is 1.35 bits per heavy atom. The van der Waals surface area contributed by atoms with E-state index in [1.165, 1.54) is 12.1 Å². The summed E-state index contributed by atoms with van der Waals surface area (Å²) in [5, 5.41) is 0. The van der Waals surface area contributed by atoms with Crippen LogP contribution in [0.1, 0.15) is 34.6 Å². The lowest BCUT2D eigenvalue weighted by molar-refractivity contribution is 0.111. The topological polar surface area (TPSA) is 6.48 Å². The SMILES string of the molecule is C=CC[SiH](CC)C(N(CC)CC)N(CC)CC. The van der Waals surface area contributed by atoms with E-state index in [0.717, 1.165) is 26.2 Å². The van der Waals surface area contributed by atoms with Crippen LogP contribution in [-0.2, 0) is 0 Å². The maximum atomic E-state index is 3.95. The maximum absolute atomic E-state index is 3.95. The molecule has 0 aliphatic carbocycles. The van der Waals surface area contributed by atoms with Gasteiger partial charge in [-0.15, -0.1) is 6.58 Å². The van der Waals surface area contributed by atoms with Crippen molar-refractivity contribution in [3.8, 4) is 0 Å². The van der Waals surface area contributed by atoms with Crippen molar-refractivity contribution in [1.29, 1.82) is 0 Å². The number of nitrogens with zero attached hydrogens (tertiary/aromatic N) is 2. The third-order valence-electron chi connectivity index (χ3n) is 3.79. The van der Waals surface area contributed by atoms with Crippen molar-refractivity contribution in [2.75, 3.05) is 26.2 Å². The lowest BCUT2D eigenvalue weighted by Crippen LogP contribution is -2.56. The van der Waals surface area contributed by atoms with Gasteiger partial charge in [0, 0.05) is 5.79 Å². The molecule has 102 valence electrons. The average Bonchev–Trinajstić information content (AvgIpc) is 2.37. The molecule has 0 amide bonds. The van der Waals surface area contributed by atoms with Gasteiger partial charge in [0.15, 0.2) is 0 Å². The van der Waals surface area contributed by atoms with Crippen LogP contribution in [0.3, 0.4) is 0 Å². The van der Waals surface area contributed by atoms with Crippen molar-refractivity contribution in [1.82, 2.24) is 9.80 Å². The summed E-state index contributed by atoms with van der Waals surface area (Å²) in [6.45, 7) is 20.1. The van der Waals surface area contributed by atoms with Crippen LogP contribution >= 0.6 is 0 Å². The van der Waals surface area contributed by atoms with Crippen LogP contribution in [0, 0.1) is 0 Å². The molecule has 17 heavy (non-hydrogen) atoms. The van der Waals surface area contributed by atoms with Crippen molar-refractivity contribution in [2.24, 2.45) is 0 Å². The van der Waals surface area contributed by atoms with Crippen LogP contribution in [0.15, 0.2) is 12.7 Å². The summed E-state index contributed by atoms with van der Waals surface area (Å²) in [6.07, 6.45) is 2.14. The molecule has 0 aromatic heterocycles. The molecule has 0 aromatic rings. The first-order valence-corrected chi connectivity index (χ1v) is 9.58. The molecule has 0 rings (SSSR count). The summed E-state index contributed by atoms with van der Waals surface area (Å²) >= 11 is 0. The van der Waals surface area contributed by atoms with Gasteiger partial charge >= 0.3 is 0 Å². The second kappa shape index (κ2) is 9.86. The van der Waals surface area contributed by atoms with Gasteiger partial charge in [0.25, 0.3) is 0 Å². The fourth-order valence-electron chi connectivity index (χ4n) is 2.74. The highest BCUT2D eigenvalue weighted by Crippen LogP contribution is 2.16. The van der Waals surface area contributed by atoms with Gasteiger partial charge in [-0.1, -0.05) is 46.7 Å². The molecule has 0 heterocycles. The number of rotatable bonds is 10.